The predicted molar refractivity (Wildman–Crippen MR) is 60.1 cm³/mol. The minimum absolute atomic E-state index is 0.647. The van der Waals surface area contributed by atoms with E-state index in [9.17, 15) is 0 Å². The van der Waals surface area contributed by atoms with Crippen molar-refractivity contribution in [1.82, 2.24) is 0 Å². The van der Waals surface area contributed by atoms with E-state index in [4.69, 9.17) is 5.73 Å². The lowest BCUT2D eigenvalue weighted by atomic mass is 10.1. The standard InChI is InChI=1S/C11H17NS/c1-3-6-13-11-5-4-9(2)7-10(11)8-12/h4-5,7H,3,6,8,12H2,1-2H3. The zero-order chi connectivity index (χ0) is 9.68. The fraction of sp³-hybridized carbons (Fsp3) is 0.455. The van der Waals surface area contributed by atoms with Gasteiger partial charge in [-0.2, -0.15) is 0 Å². The number of nitrogens with two attached hydrogens (primary N) is 1. The highest BCUT2D eigenvalue weighted by molar-refractivity contribution is 7.99. The molecule has 0 aliphatic carbocycles. The van der Waals surface area contributed by atoms with Crippen molar-refractivity contribution >= 4 is 11.8 Å². The molecule has 1 rings (SSSR count). The summed E-state index contributed by atoms with van der Waals surface area (Å²) in [6.45, 7) is 4.95. The summed E-state index contributed by atoms with van der Waals surface area (Å²) in [6.07, 6.45) is 1.21. The zero-order valence-electron chi connectivity index (χ0n) is 8.34. The molecule has 0 saturated heterocycles. The molecule has 0 aliphatic heterocycles. The van der Waals surface area contributed by atoms with Gasteiger partial charge in [0.15, 0.2) is 0 Å². The highest BCUT2D eigenvalue weighted by atomic mass is 32.2. The van der Waals surface area contributed by atoms with Gasteiger partial charge >= 0.3 is 0 Å². The first-order valence-corrected chi connectivity index (χ1v) is 5.69. The maximum Gasteiger partial charge on any atom is 0.0189 e. The second kappa shape index (κ2) is 5.30. The number of aryl methyl sites for hydroxylation is 1. The molecule has 0 spiro atoms. The first-order chi connectivity index (χ1) is 6.27. The molecule has 0 atom stereocenters. The van der Waals surface area contributed by atoms with Crippen molar-refractivity contribution in [2.24, 2.45) is 5.73 Å². The Morgan fingerprint density at radius 3 is 2.77 bits per heavy atom. The molecule has 0 aliphatic rings. The smallest absolute Gasteiger partial charge is 0.0189 e. The van der Waals surface area contributed by atoms with Gasteiger partial charge in [0.05, 0.1) is 0 Å². The maximum absolute atomic E-state index is 5.68. The van der Waals surface area contributed by atoms with Crippen LogP contribution in [-0.2, 0) is 6.54 Å². The van der Waals surface area contributed by atoms with Crippen LogP contribution in [-0.4, -0.2) is 5.75 Å². The molecule has 1 aromatic rings. The lowest BCUT2D eigenvalue weighted by molar-refractivity contribution is 1.02. The SMILES string of the molecule is CCCSc1ccc(C)cc1CN. The van der Waals surface area contributed by atoms with Crippen molar-refractivity contribution in [3.8, 4) is 0 Å². The molecule has 0 fully saturated rings. The van der Waals surface area contributed by atoms with Gasteiger partial charge in [-0.1, -0.05) is 24.6 Å². The van der Waals surface area contributed by atoms with E-state index in [1.54, 1.807) is 0 Å². The van der Waals surface area contributed by atoms with Crippen molar-refractivity contribution in [2.75, 3.05) is 5.75 Å². The van der Waals surface area contributed by atoms with Crippen LogP contribution >= 0.6 is 11.8 Å². The van der Waals surface area contributed by atoms with Gasteiger partial charge in [0.25, 0.3) is 0 Å². The van der Waals surface area contributed by atoms with E-state index >= 15 is 0 Å². The molecular formula is C11H17NS. The van der Waals surface area contributed by atoms with Gasteiger partial charge in [-0.15, -0.1) is 11.8 Å². The fourth-order valence-electron chi connectivity index (χ4n) is 1.22. The molecule has 0 bridgehead atoms. The van der Waals surface area contributed by atoms with Gasteiger partial charge in [0.2, 0.25) is 0 Å². The summed E-state index contributed by atoms with van der Waals surface area (Å²) in [6, 6.07) is 6.51. The Hall–Kier alpha value is -0.470. The fourth-order valence-corrected chi connectivity index (χ4v) is 2.14. The third-order valence-corrected chi connectivity index (χ3v) is 3.22. The van der Waals surface area contributed by atoms with Crippen LogP contribution in [0, 0.1) is 6.92 Å². The molecule has 0 aromatic heterocycles. The van der Waals surface area contributed by atoms with Crippen LogP contribution in [0.15, 0.2) is 23.1 Å². The molecular weight excluding hydrogens is 178 g/mol. The molecule has 0 saturated carbocycles. The molecule has 1 nitrogen and oxygen atoms in total. The lowest BCUT2D eigenvalue weighted by Gasteiger charge is -2.07. The lowest BCUT2D eigenvalue weighted by Crippen LogP contribution is -1.99. The summed E-state index contributed by atoms with van der Waals surface area (Å²) in [5.41, 5.74) is 8.25. The molecule has 0 radical (unpaired) electrons. The summed E-state index contributed by atoms with van der Waals surface area (Å²) in [5.74, 6) is 1.18. The van der Waals surface area contributed by atoms with Crippen molar-refractivity contribution in [3.63, 3.8) is 0 Å². The van der Waals surface area contributed by atoms with Crippen molar-refractivity contribution in [3.05, 3.63) is 29.3 Å². The Bertz CT molecular complexity index is 271. The average Bonchev–Trinajstić information content (AvgIpc) is 2.16. The van der Waals surface area contributed by atoms with Crippen molar-refractivity contribution in [1.29, 1.82) is 0 Å². The van der Waals surface area contributed by atoms with Crippen LogP contribution in [0.1, 0.15) is 24.5 Å². The third kappa shape index (κ3) is 3.05. The quantitative estimate of drug-likeness (QED) is 0.747. The second-order valence-corrected chi connectivity index (χ2v) is 4.30. The van der Waals surface area contributed by atoms with E-state index < -0.39 is 0 Å². The second-order valence-electron chi connectivity index (χ2n) is 3.16. The van der Waals surface area contributed by atoms with Crippen LogP contribution < -0.4 is 5.73 Å². The Morgan fingerprint density at radius 1 is 1.38 bits per heavy atom. The van der Waals surface area contributed by atoms with Crippen LogP contribution in [0.25, 0.3) is 0 Å². The normalized spacial score (nSPS) is 10.4. The van der Waals surface area contributed by atoms with Gasteiger partial charge in [-0.05, 0) is 30.7 Å². The molecule has 0 amide bonds. The van der Waals surface area contributed by atoms with Crippen LogP contribution in [0.5, 0.6) is 0 Å². The van der Waals surface area contributed by atoms with Crippen LogP contribution in [0.4, 0.5) is 0 Å². The number of hydrogen-bond acceptors (Lipinski definition) is 2. The molecule has 0 unspecified atom stereocenters. The van der Waals surface area contributed by atoms with Gasteiger partial charge in [-0.25, -0.2) is 0 Å². The Labute approximate surface area is 84.7 Å². The van der Waals surface area contributed by atoms with Crippen molar-refractivity contribution in [2.45, 2.75) is 31.7 Å². The molecule has 0 heterocycles. The maximum atomic E-state index is 5.68. The summed E-state index contributed by atoms with van der Waals surface area (Å²) in [7, 11) is 0. The van der Waals surface area contributed by atoms with E-state index in [1.807, 2.05) is 11.8 Å². The molecule has 72 valence electrons. The minimum Gasteiger partial charge on any atom is -0.326 e. The van der Waals surface area contributed by atoms with Gasteiger partial charge in [-0.3, -0.25) is 0 Å². The van der Waals surface area contributed by atoms with E-state index in [0.717, 1.165) is 0 Å². The molecule has 2 heteroatoms. The van der Waals surface area contributed by atoms with Crippen LogP contribution in [0.3, 0.4) is 0 Å². The van der Waals surface area contributed by atoms with Gasteiger partial charge in [0, 0.05) is 11.4 Å². The van der Waals surface area contributed by atoms with E-state index in [0.29, 0.717) is 6.54 Å². The zero-order valence-corrected chi connectivity index (χ0v) is 9.16. The first kappa shape index (κ1) is 10.6. The molecule has 13 heavy (non-hydrogen) atoms. The van der Waals surface area contributed by atoms with Gasteiger partial charge in [0.1, 0.15) is 0 Å². The number of rotatable bonds is 4. The average molecular weight is 195 g/mol. The first-order valence-electron chi connectivity index (χ1n) is 4.70. The van der Waals surface area contributed by atoms with Crippen LogP contribution in [0.2, 0.25) is 0 Å². The van der Waals surface area contributed by atoms with E-state index in [1.165, 1.54) is 28.2 Å². The summed E-state index contributed by atoms with van der Waals surface area (Å²) in [5, 5.41) is 0. The minimum atomic E-state index is 0.647. The Balaban J connectivity index is 2.79. The Morgan fingerprint density at radius 2 is 2.15 bits per heavy atom. The number of benzene rings is 1. The third-order valence-electron chi connectivity index (χ3n) is 1.90. The number of hydrogen-bond donors (Lipinski definition) is 1. The van der Waals surface area contributed by atoms with E-state index in [2.05, 4.69) is 32.0 Å². The van der Waals surface area contributed by atoms with E-state index in [-0.39, 0.29) is 0 Å². The van der Waals surface area contributed by atoms with Crippen molar-refractivity contribution < 1.29 is 0 Å². The molecule has 2 N–H and O–H groups in total. The summed E-state index contributed by atoms with van der Waals surface area (Å²) >= 11 is 1.90. The van der Waals surface area contributed by atoms with Gasteiger partial charge < -0.3 is 5.73 Å². The topological polar surface area (TPSA) is 26.0 Å². The number of thioether (sulfide) groups is 1. The highest BCUT2D eigenvalue weighted by Crippen LogP contribution is 2.23. The summed E-state index contributed by atoms with van der Waals surface area (Å²) in [4.78, 5) is 1.34. The molecule has 1 aromatic carbocycles. The Kier molecular flexibility index (Phi) is 4.33. The summed E-state index contributed by atoms with van der Waals surface area (Å²) < 4.78 is 0. The monoisotopic (exact) mass is 195 g/mol. The largest absolute Gasteiger partial charge is 0.326 e. The predicted octanol–water partition coefficient (Wildman–Crippen LogP) is 2.96. The highest BCUT2D eigenvalue weighted by Gasteiger charge is 2.00.